The number of carboxylic acid groups (broad SMARTS) is 1. The van der Waals surface area contributed by atoms with E-state index in [1.54, 1.807) is 0 Å². The molecule has 9 heteroatoms. The van der Waals surface area contributed by atoms with Gasteiger partial charge in [0.2, 0.25) is 0 Å². The van der Waals surface area contributed by atoms with Gasteiger partial charge in [0.1, 0.15) is 17.3 Å². The van der Waals surface area contributed by atoms with E-state index in [2.05, 4.69) is 10.4 Å². The summed E-state index contributed by atoms with van der Waals surface area (Å²) < 4.78 is 27.5. The fourth-order valence-electron chi connectivity index (χ4n) is 2.68. The zero-order valence-electron chi connectivity index (χ0n) is 14.4. The van der Waals surface area contributed by atoms with E-state index < -0.39 is 41.5 Å². The standard InChI is InChI=1S/C19H15F2N3O4/c20-12-6-4-11(5-7-12)15(10-18(26)27)22-19(28)16-9-17(25)24(23-16)14-3-1-2-13(21)8-14/h1-9,15,23H,10H2,(H,22,28)(H,26,27)/t15-/m0/s1. The molecule has 1 heterocycles. The van der Waals surface area contributed by atoms with Crippen molar-refractivity contribution in [2.24, 2.45) is 0 Å². The smallest absolute Gasteiger partial charge is 0.305 e. The van der Waals surface area contributed by atoms with Crippen LogP contribution in [0, 0.1) is 11.6 Å². The number of hydrogen-bond donors (Lipinski definition) is 3. The number of halogens is 2. The van der Waals surface area contributed by atoms with Gasteiger partial charge in [-0.2, -0.15) is 0 Å². The summed E-state index contributed by atoms with van der Waals surface area (Å²) in [7, 11) is 0. The summed E-state index contributed by atoms with van der Waals surface area (Å²) in [6.45, 7) is 0. The van der Waals surface area contributed by atoms with Crippen molar-refractivity contribution in [3.05, 3.63) is 87.8 Å². The van der Waals surface area contributed by atoms with Gasteiger partial charge in [-0.3, -0.25) is 19.5 Å². The third-order valence-electron chi connectivity index (χ3n) is 3.99. The molecule has 3 N–H and O–H groups in total. The summed E-state index contributed by atoms with van der Waals surface area (Å²) in [4.78, 5) is 35.7. The summed E-state index contributed by atoms with van der Waals surface area (Å²) in [5.41, 5.74) is -0.132. The van der Waals surface area contributed by atoms with Gasteiger partial charge >= 0.3 is 5.97 Å². The van der Waals surface area contributed by atoms with Crippen LogP contribution in [0.25, 0.3) is 5.69 Å². The van der Waals surface area contributed by atoms with E-state index in [-0.39, 0.29) is 11.4 Å². The fourth-order valence-corrected chi connectivity index (χ4v) is 2.68. The van der Waals surface area contributed by atoms with Gasteiger partial charge in [-0.05, 0) is 35.9 Å². The van der Waals surface area contributed by atoms with Gasteiger partial charge in [-0.15, -0.1) is 0 Å². The number of hydrogen-bond acceptors (Lipinski definition) is 3. The molecule has 3 rings (SSSR count). The molecule has 0 bridgehead atoms. The van der Waals surface area contributed by atoms with E-state index in [4.69, 9.17) is 5.11 Å². The molecule has 0 aliphatic rings. The molecule has 0 saturated heterocycles. The van der Waals surface area contributed by atoms with Gasteiger partial charge in [0.15, 0.2) is 0 Å². The molecule has 7 nitrogen and oxygen atoms in total. The number of carboxylic acids is 1. The van der Waals surface area contributed by atoms with Crippen LogP contribution in [0.3, 0.4) is 0 Å². The molecule has 0 unspecified atom stereocenters. The van der Waals surface area contributed by atoms with Gasteiger partial charge in [0.05, 0.1) is 18.2 Å². The number of amides is 1. The average molecular weight is 387 g/mol. The predicted octanol–water partition coefficient (Wildman–Crippen LogP) is 2.39. The molecule has 144 valence electrons. The predicted molar refractivity (Wildman–Crippen MR) is 95.2 cm³/mol. The Morgan fingerprint density at radius 3 is 2.43 bits per heavy atom. The molecule has 0 aliphatic carbocycles. The van der Waals surface area contributed by atoms with E-state index in [0.29, 0.717) is 5.56 Å². The number of H-pyrrole nitrogens is 1. The molecule has 0 fully saturated rings. The van der Waals surface area contributed by atoms with Crippen LogP contribution in [0.15, 0.2) is 59.4 Å². The lowest BCUT2D eigenvalue weighted by atomic mass is 10.0. The first kappa shape index (κ1) is 19.0. The highest BCUT2D eigenvalue weighted by Gasteiger charge is 2.21. The van der Waals surface area contributed by atoms with Gasteiger partial charge in [0, 0.05) is 6.07 Å². The second kappa shape index (κ2) is 7.87. The third kappa shape index (κ3) is 4.32. The second-order valence-electron chi connectivity index (χ2n) is 6.00. The molecule has 1 amide bonds. The summed E-state index contributed by atoms with van der Waals surface area (Å²) in [5.74, 6) is -2.95. The van der Waals surface area contributed by atoms with Crippen LogP contribution < -0.4 is 10.9 Å². The lowest BCUT2D eigenvalue weighted by Gasteiger charge is -2.17. The van der Waals surface area contributed by atoms with Gasteiger partial charge in [-0.1, -0.05) is 18.2 Å². The number of nitrogens with one attached hydrogen (secondary N) is 2. The van der Waals surface area contributed by atoms with Crippen molar-refractivity contribution >= 4 is 11.9 Å². The van der Waals surface area contributed by atoms with Crippen LogP contribution >= 0.6 is 0 Å². The van der Waals surface area contributed by atoms with E-state index in [9.17, 15) is 23.2 Å². The highest BCUT2D eigenvalue weighted by atomic mass is 19.1. The van der Waals surface area contributed by atoms with Crippen LogP contribution in [0.5, 0.6) is 0 Å². The summed E-state index contributed by atoms with van der Waals surface area (Å²) in [5, 5.41) is 14.1. The number of carbonyl (C=O) groups excluding carboxylic acids is 1. The Bertz CT molecular complexity index is 1070. The molecule has 1 atom stereocenters. The molecule has 2 aromatic carbocycles. The second-order valence-corrected chi connectivity index (χ2v) is 6.00. The van der Waals surface area contributed by atoms with E-state index in [0.717, 1.165) is 28.9 Å². The number of aromatic nitrogens is 2. The SMILES string of the molecule is O=C(O)C[C@H](NC(=O)c1cc(=O)n(-c2cccc(F)c2)[nH]1)c1ccc(F)cc1. The lowest BCUT2D eigenvalue weighted by Crippen LogP contribution is -2.30. The molecule has 28 heavy (non-hydrogen) atoms. The van der Waals surface area contributed by atoms with Crippen molar-refractivity contribution in [1.82, 2.24) is 15.1 Å². The van der Waals surface area contributed by atoms with Gasteiger partial charge in [0.25, 0.3) is 11.5 Å². The van der Waals surface area contributed by atoms with Crippen LogP contribution in [0.2, 0.25) is 0 Å². The number of aromatic amines is 1. The fraction of sp³-hybridized carbons (Fsp3) is 0.105. The number of nitrogens with zero attached hydrogens (tertiary/aromatic N) is 1. The molecule has 3 aromatic rings. The quantitative estimate of drug-likeness (QED) is 0.604. The van der Waals surface area contributed by atoms with Crippen LogP contribution in [-0.2, 0) is 4.79 Å². The van der Waals surface area contributed by atoms with Gasteiger partial charge in [-0.25, -0.2) is 13.5 Å². The molecule has 0 spiro atoms. The lowest BCUT2D eigenvalue weighted by molar-refractivity contribution is -0.137. The Labute approximate surface area is 157 Å². The minimum Gasteiger partial charge on any atom is -0.481 e. The van der Waals surface area contributed by atoms with Crippen LogP contribution in [-0.4, -0.2) is 26.8 Å². The Balaban J connectivity index is 1.86. The van der Waals surface area contributed by atoms with Crippen molar-refractivity contribution in [3.8, 4) is 5.69 Å². The van der Waals surface area contributed by atoms with E-state index in [1.807, 2.05) is 0 Å². The minimum absolute atomic E-state index is 0.133. The maximum absolute atomic E-state index is 13.4. The molecular formula is C19H15F2N3O4. The maximum atomic E-state index is 13.4. The maximum Gasteiger partial charge on any atom is 0.305 e. The Morgan fingerprint density at radius 1 is 1.07 bits per heavy atom. The number of rotatable bonds is 6. The van der Waals surface area contributed by atoms with Crippen molar-refractivity contribution in [3.63, 3.8) is 0 Å². The molecular weight excluding hydrogens is 372 g/mol. The highest BCUT2D eigenvalue weighted by molar-refractivity contribution is 5.92. The minimum atomic E-state index is -1.17. The summed E-state index contributed by atoms with van der Waals surface area (Å²) >= 11 is 0. The number of benzene rings is 2. The molecule has 1 aromatic heterocycles. The first-order chi connectivity index (χ1) is 13.3. The monoisotopic (exact) mass is 387 g/mol. The van der Waals surface area contributed by atoms with Gasteiger partial charge < -0.3 is 10.4 Å². The zero-order chi connectivity index (χ0) is 20.3. The summed E-state index contributed by atoms with van der Waals surface area (Å²) in [6.07, 6.45) is -0.438. The van der Waals surface area contributed by atoms with E-state index in [1.165, 1.54) is 30.3 Å². The summed E-state index contributed by atoms with van der Waals surface area (Å²) in [6, 6.07) is 10.3. The first-order valence-corrected chi connectivity index (χ1v) is 8.19. The first-order valence-electron chi connectivity index (χ1n) is 8.19. The van der Waals surface area contributed by atoms with Crippen molar-refractivity contribution in [2.75, 3.05) is 0 Å². The molecule has 0 aliphatic heterocycles. The third-order valence-corrected chi connectivity index (χ3v) is 3.99. The van der Waals surface area contributed by atoms with Crippen LogP contribution in [0.4, 0.5) is 8.78 Å². The Hall–Kier alpha value is -3.75. The Morgan fingerprint density at radius 2 is 1.79 bits per heavy atom. The highest BCUT2D eigenvalue weighted by Crippen LogP contribution is 2.18. The largest absolute Gasteiger partial charge is 0.481 e. The van der Waals surface area contributed by atoms with Crippen molar-refractivity contribution in [2.45, 2.75) is 12.5 Å². The topological polar surface area (TPSA) is 104 Å². The number of carbonyl (C=O) groups is 2. The Kier molecular flexibility index (Phi) is 5.35. The average Bonchev–Trinajstić information content (AvgIpc) is 3.03. The molecule has 0 radical (unpaired) electrons. The van der Waals surface area contributed by atoms with Crippen molar-refractivity contribution < 1.29 is 23.5 Å². The van der Waals surface area contributed by atoms with E-state index >= 15 is 0 Å². The number of aliphatic carboxylic acids is 1. The molecule has 0 saturated carbocycles. The van der Waals surface area contributed by atoms with Crippen molar-refractivity contribution in [1.29, 1.82) is 0 Å². The van der Waals surface area contributed by atoms with Crippen LogP contribution in [0.1, 0.15) is 28.5 Å². The zero-order valence-corrected chi connectivity index (χ0v) is 14.4. The normalized spacial score (nSPS) is 11.8.